The summed E-state index contributed by atoms with van der Waals surface area (Å²) in [6.07, 6.45) is 0.150. The second-order valence-corrected chi connectivity index (χ2v) is 4.70. The number of hydrogen-bond donors (Lipinski definition) is 0. The molecule has 1 aliphatic heterocycles. The van der Waals surface area contributed by atoms with Crippen LogP contribution < -0.4 is 5.63 Å². The molecule has 1 aromatic heterocycles. The first-order valence-electron chi connectivity index (χ1n) is 5.37. The van der Waals surface area contributed by atoms with Crippen LogP contribution in [0.25, 0.3) is 0 Å². The van der Waals surface area contributed by atoms with Crippen LogP contribution in [0.4, 0.5) is 0 Å². The SMILES string of the molecule is CC1(C)COC(=O)C1OC(=O)c1cccoc1=O. The van der Waals surface area contributed by atoms with E-state index in [0.717, 1.165) is 6.26 Å². The predicted molar refractivity (Wildman–Crippen MR) is 58.9 cm³/mol. The summed E-state index contributed by atoms with van der Waals surface area (Å²) >= 11 is 0. The fourth-order valence-electron chi connectivity index (χ4n) is 1.63. The topological polar surface area (TPSA) is 82.8 Å². The molecule has 18 heavy (non-hydrogen) atoms. The van der Waals surface area contributed by atoms with E-state index >= 15 is 0 Å². The Morgan fingerprint density at radius 3 is 2.72 bits per heavy atom. The lowest BCUT2D eigenvalue weighted by Crippen LogP contribution is -2.35. The molecule has 1 saturated heterocycles. The summed E-state index contributed by atoms with van der Waals surface area (Å²) in [5.74, 6) is -1.49. The Balaban J connectivity index is 2.20. The molecule has 2 heterocycles. The Labute approximate surface area is 102 Å². The number of cyclic esters (lactones) is 1. The molecule has 0 saturated carbocycles. The molecular weight excluding hydrogens is 240 g/mol. The van der Waals surface area contributed by atoms with Gasteiger partial charge in [0.2, 0.25) is 6.10 Å². The molecule has 2 rings (SSSR count). The summed E-state index contributed by atoms with van der Waals surface area (Å²) in [7, 11) is 0. The van der Waals surface area contributed by atoms with E-state index in [4.69, 9.17) is 9.47 Å². The zero-order valence-electron chi connectivity index (χ0n) is 9.97. The van der Waals surface area contributed by atoms with E-state index in [1.807, 2.05) is 0 Å². The minimum absolute atomic E-state index is 0.174. The third-order valence-corrected chi connectivity index (χ3v) is 2.69. The van der Waals surface area contributed by atoms with Crippen LogP contribution in [0.2, 0.25) is 0 Å². The maximum atomic E-state index is 11.8. The molecule has 6 nitrogen and oxygen atoms in total. The largest absolute Gasteiger partial charge is 0.462 e. The molecule has 0 spiro atoms. The summed E-state index contributed by atoms with van der Waals surface area (Å²) in [5.41, 5.74) is -1.65. The van der Waals surface area contributed by atoms with Crippen molar-refractivity contribution in [1.82, 2.24) is 0 Å². The highest BCUT2D eigenvalue weighted by atomic mass is 16.6. The van der Waals surface area contributed by atoms with E-state index < -0.39 is 29.1 Å². The van der Waals surface area contributed by atoms with Crippen molar-refractivity contribution in [3.63, 3.8) is 0 Å². The first-order chi connectivity index (χ1) is 8.42. The minimum atomic E-state index is -1.01. The van der Waals surface area contributed by atoms with Crippen LogP contribution in [0, 0.1) is 5.41 Å². The second-order valence-electron chi connectivity index (χ2n) is 4.70. The molecule has 0 bridgehead atoms. The monoisotopic (exact) mass is 252 g/mol. The molecule has 0 amide bonds. The van der Waals surface area contributed by atoms with Gasteiger partial charge in [-0.1, -0.05) is 13.8 Å². The lowest BCUT2D eigenvalue weighted by atomic mass is 9.90. The van der Waals surface area contributed by atoms with E-state index in [2.05, 4.69) is 4.42 Å². The normalized spacial score (nSPS) is 21.4. The summed E-state index contributed by atoms with van der Waals surface area (Å²) in [6, 6.07) is 2.68. The van der Waals surface area contributed by atoms with E-state index in [0.29, 0.717) is 0 Å². The van der Waals surface area contributed by atoms with Crippen molar-refractivity contribution in [2.45, 2.75) is 20.0 Å². The van der Waals surface area contributed by atoms with E-state index in [-0.39, 0.29) is 12.2 Å². The van der Waals surface area contributed by atoms with Crippen LogP contribution in [0.3, 0.4) is 0 Å². The molecule has 1 atom stereocenters. The number of carbonyl (C=O) groups is 2. The number of rotatable bonds is 2. The van der Waals surface area contributed by atoms with Crippen LogP contribution in [0.5, 0.6) is 0 Å². The first-order valence-corrected chi connectivity index (χ1v) is 5.37. The van der Waals surface area contributed by atoms with Gasteiger partial charge in [0.1, 0.15) is 12.2 Å². The van der Waals surface area contributed by atoms with E-state index in [1.165, 1.54) is 12.1 Å². The highest BCUT2D eigenvalue weighted by molar-refractivity contribution is 5.91. The summed E-state index contributed by atoms with van der Waals surface area (Å²) in [4.78, 5) is 34.5. The summed E-state index contributed by atoms with van der Waals surface area (Å²) in [6.45, 7) is 3.65. The Bertz CT molecular complexity index is 541. The third-order valence-electron chi connectivity index (χ3n) is 2.69. The Morgan fingerprint density at radius 1 is 1.44 bits per heavy atom. The van der Waals surface area contributed by atoms with Crippen molar-refractivity contribution in [1.29, 1.82) is 0 Å². The molecular formula is C12H12O6. The van der Waals surface area contributed by atoms with Crippen molar-refractivity contribution in [3.05, 3.63) is 34.4 Å². The molecule has 6 heteroatoms. The van der Waals surface area contributed by atoms with Crippen molar-refractivity contribution in [3.8, 4) is 0 Å². The van der Waals surface area contributed by atoms with Gasteiger partial charge in [0.15, 0.2) is 0 Å². The average molecular weight is 252 g/mol. The Morgan fingerprint density at radius 2 is 2.17 bits per heavy atom. The number of esters is 2. The quantitative estimate of drug-likeness (QED) is 0.722. The van der Waals surface area contributed by atoms with Crippen LogP contribution >= 0.6 is 0 Å². The van der Waals surface area contributed by atoms with Gasteiger partial charge in [0.05, 0.1) is 6.26 Å². The second kappa shape index (κ2) is 4.29. The molecule has 0 aliphatic carbocycles. The first kappa shape index (κ1) is 12.3. The Kier molecular flexibility index (Phi) is 2.94. The maximum absolute atomic E-state index is 11.8. The number of carbonyl (C=O) groups excluding carboxylic acids is 2. The highest BCUT2D eigenvalue weighted by Crippen LogP contribution is 2.31. The molecule has 1 aliphatic rings. The van der Waals surface area contributed by atoms with Crippen LogP contribution in [-0.4, -0.2) is 24.6 Å². The van der Waals surface area contributed by atoms with Crippen molar-refractivity contribution in [2.24, 2.45) is 5.41 Å². The smallest absolute Gasteiger partial charge is 0.350 e. The zero-order valence-corrected chi connectivity index (χ0v) is 9.97. The van der Waals surface area contributed by atoms with Gasteiger partial charge in [0, 0.05) is 5.41 Å². The van der Waals surface area contributed by atoms with E-state index in [1.54, 1.807) is 13.8 Å². The predicted octanol–water partition coefficient (Wildman–Crippen LogP) is 0.748. The van der Waals surface area contributed by atoms with Crippen molar-refractivity contribution >= 4 is 11.9 Å². The standard InChI is InChI=1S/C12H12O6/c1-12(2)6-17-11(15)8(12)18-10(14)7-4-3-5-16-9(7)13/h3-5,8H,6H2,1-2H3. The third kappa shape index (κ3) is 2.13. The lowest BCUT2D eigenvalue weighted by molar-refractivity contribution is -0.145. The van der Waals surface area contributed by atoms with Gasteiger partial charge >= 0.3 is 17.6 Å². The number of hydrogen-bond acceptors (Lipinski definition) is 6. The van der Waals surface area contributed by atoms with Crippen molar-refractivity contribution < 1.29 is 23.5 Å². The van der Waals surface area contributed by atoms with Gasteiger partial charge in [-0.25, -0.2) is 14.4 Å². The van der Waals surface area contributed by atoms with E-state index in [9.17, 15) is 14.4 Å². The molecule has 1 fully saturated rings. The fraction of sp³-hybridized carbons (Fsp3) is 0.417. The van der Waals surface area contributed by atoms with Gasteiger partial charge in [-0.15, -0.1) is 0 Å². The fourth-order valence-corrected chi connectivity index (χ4v) is 1.63. The van der Waals surface area contributed by atoms with Crippen LogP contribution in [0.15, 0.2) is 27.6 Å². The zero-order chi connectivity index (χ0) is 13.3. The molecule has 96 valence electrons. The maximum Gasteiger partial charge on any atom is 0.350 e. The molecule has 1 unspecified atom stereocenters. The number of ether oxygens (including phenoxy) is 2. The highest BCUT2D eigenvalue weighted by Gasteiger charge is 2.46. The van der Waals surface area contributed by atoms with Crippen LogP contribution in [0.1, 0.15) is 24.2 Å². The molecule has 1 aromatic rings. The Hall–Kier alpha value is -2.11. The molecule has 0 N–H and O–H groups in total. The van der Waals surface area contributed by atoms with Gasteiger partial charge in [0.25, 0.3) is 0 Å². The summed E-state index contributed by atoms with van der Waals surface area (Å²) in [5, 5.41) is 0. The lowest BCUT2D eigenvalue weighted by Gasteiger charge is -2.21. The van der Waals surface area contributed by atoms with Gasteiger partial charge in [-0.2, -0.15) is 0 Å². The van der Waals surface area contributed by atoms with Gasteiger partial charge in [-0.3, -0.25) is 0 Å². The van der Waals surface area contributed by atoms with Gasteiger partial charge in [-0.05, 0) is 12.1 Å². The average Bonchev–Trinajstić information content (AvgIpc) is 2.56. The molecule has 0 radical (unpaired) electrons. The minimum Gasteiger partial charge on any atom is -0.462 e. The van der Waals surface area contributed by atoms with Gasteiger partial charge < -0.3 is 13.9 Å². The van der Waals surface area contributed by atoms with Crippen LogP contribution in [-0.2, 0) is 14.3 Å². The van der Waals surface area contributed by atoms with Crippen molar-refractivity contribution in [2.75, 3.05) is 6.61 Å². The molecule has 0 aromatic carbocycles. The summed E-state index contributed by atoms with van der Waals surface area (Å²) < 4.78 is 14.4.